The summed E-state index contributed by atoms with van der Waals surface area (Å²) in [5.74, 6) is -0.161. The molecule has 0 saturated heterocycles. The Hall–Kier alpha value is -4.21. The largest absolute Gasteiger partial charge is 0.508 e. The molecule has 16 heteroatoms. The number of aryl methyl sites for hydroxylation is 2. The average Bonchev–Trinajstić information content (AvgIpc) is 3.07. The fourth-order valence-corrected chi connectivity index (χ4v) is 5.46. The second-order valence-corrected chi connectivity index (χ2v) is 14.4. The van der Waals surface area contributed by atoms with Crippen LogP contribution in [-0.4, -0.2) is 79.2 Å². The van der Waals surface area contributed by atoms with Gasteiger partial charge in [-0.25, -0.2) is 0 Å². The Labute approximate surface area is 315 Å². The van der Waals surface area contributed by atoms with Crippen molar-refractivity contribution in [3.05, 3.63) is 99.9 Å². The first kappa shape index (κ1) is 40.6. The number of phenolic OH excluding ortho intramolecular Hbond substituents is 2. The number of hydrogen-bond acceptors (Lipinski definition) is 12. The quantitative estimate of drug-likeness (QED) is 0.101. The number of aliphatic hydroxyl groups is 2. The molecule has 0 atom stereocenters. The summed E-state index contributed by atoms with van der Waals surface area (Å²) in [4.78, 5) is 8.25. The van der Waals surface area contributed by atoms with Gasteiger partial charge in [-0.3, -0.25) is 9.97 Å². The third-order valence-electron chi connectivity index (χ3n) is 7.70. The zero-order valence-electron chi connectivity index (χ0n) is 28.8. The van der Waals surface area contributed by atoms with Crippen molar-refractivity contribution in [2.75, 3.05) is 0 Å². The third-order valence-corrected chi connectivity index (χ3v) is 8.45. The molecule has 0 radical (unpaired) electrons. The Morgan fingerprint density at radius 2 is 1.12 bits per heavy atom. The van der Waals surface area contributed by atoms with Crippen molar-refractivity contribution in [2.45, 2.75) is 64.6 Å². The van der Waals surface area contributed by atoms with Gasteiger partial charge in [0.05, 0.1) is 22.6 Å². The summed E-state index contributed by atoms with van der Waals surface area (Å²) in [5.41, 5.74) is 1.30. The molecular weight excluding hydrogens is 730 g/mol. The van der Waals surface area contributed by atoms with Crippen LogP contribution in [-0.2, 0) is 12.8 Å². The van der Waals surface area contributed by atoms with Crippen LogP contribution in [0, 0.1) is 0 Å². The predicted molar refractivity (Wildman–Crippen MR) is 204 cm³/mol. The van der Waals surface area contributed by atoms with Gasteiger partial charge in [-0.05, 0) is 95.8 Å². The minimum absolute atomic E-state index is 0.0504. The van der Waals surface area contributed by atoms with E-state index in [2.05, 4.69) is 30.4 Å². The zero-order valence-corrected chi connectivity index (χ0v) is 31.1. The van der Waals surface area contributed by atoms with Gasteiger partial charge in [-0.2, -0.15) is 10.2 Å². The van der Waals surface area contributed by atoms with Crippen molar-refractivity contribution in [3.63, 3.8) is 0 Å². The third kappa shape index (κ3) is 11.4. The molecule has 0 amide bonds. The van der Waals surface area contributed by atoms with Crippen molar-refractivity contribution in [2.24, 2.45) is 0 Å². The number of fused-ring (bicyclic) bond motifs is 2. The molecule has 0 unspecified atom stereocenters. The van der Waals surface area contributed by atoms with Crippen molar-refractivity contribution in [3.8, 4) is 22.8 Å². The second-order valence-electron chi connectivity index (χ2n) is 13.1. The molecule has 6 rings (SSSR count). The number of pyridine rings is 2. The van der Waals surface area contributed by atoms with Crippen LogP contribution in [0.15, 0.2) is 73.3 Å². The van der Waals surface area contributed by atoms with Crippen LogP contribution in [0.2, 0.25) is 15.2 Å². The monoisotopic (exact) mass is 766 g/mol. The second kappa shape index (κ2) is 17.5. The highest BCUT2D eigenvalue weighted by Gasteiger charge is 2.19. The van der Waals surface area contributed by atoms with E-state index in [9.17, 15) is 15.3 Å². The van der Waals surface area contributed by atoms with Gasteiger partial charge < -0.3 is 30.5 Å². The van der Waals surface area contributed by atoms with E-state index >= 15 is 0 Å². The first-order chi connectivity index (χ1) is 24.4. The molecule has 0 aliphatic carbocycles. The topological polar surface area (TPSA) is 199 Å². The van der Waals surface area contributed by atoms with E-state index in [1.807, 2.05) is 12.1 Å². The standard InChI is InChI=1S/C18H18ClN3O2.C12H14ClN3O.C6H6BClO3/c1-18(2,24)7-5-15-14-10-20-8-6-12(14)17(22-21-15)13-4-3-11(19)9-16(13)23;1-12(2,17)5-3-10-9-7-14-6-4-8(9)11(13)16-15-10;8-4-1-2-5(7(10)11)6(9)3-4/h3-4,6,8-10,23-24H,5,7H2,1-2H3;4,6-7,17H,3,5H2,1-2H3;1-3,9-11H. The lowest BCUT2D eigenvalue weighted by atomic mass is 9.80. The molecule has 0 spiro atoms. The normalized spacial score (nSPS) is 11.4. The van der Waals surface area contributed by atoms with Crippen molar-refractivity contribution >= 4 is 68.9 Å². The summed E-state index contributed by atoms with van der Waals surface area (Å²) in [5, 5.41) is 77.4. The lowest BCUT2D eigenvalue weighted by Crippen LogP contribution is -2.29. The molecule has 52 heavy (non-hydrogen) atoms. The number of hydrogen-bond donors (Lipinski definition) is 6. The molecule has 6 N–H and O–H groups in total. The predicted octanol–water partition coefficient (Wildman–Crippen LogP) is 5.86. The van der Waals surface area contributed by atoms with Gasteiger partial charge in [-0.15, -0.1) is 10.2 Å². The van der Waals surface area contributed by atoms with E-state index in [0.717, 1.165) is 32.9 Å². The number of aromatic nitrogens is 6. The van der Waals surface area contributed by atoms with E-state index in [-0.39, 0.29) is 17.0 Å². The Bertz CT molecular complexity index is 2150. The highest BCUT2D eigenvalue weighted by atomic mass is 35.5. The van der Waals surface area contributed by atoms with Crippen LogP contribution >= 0.6 is 34.8 Å². The molecule has 0 saturated carbocycles. The van der Waals surface area contributed by atoms with E-state index in [4.69, 9.17) is 50.0 Å². The van der Waals surface area contributed by atoms with E-state index in [1.54, 1.807) is 64.6 Å². The Kier molecular flexibility index (Phi) is 13.7. The average molecular weight is 768 g/mol. The fraction of sp³-hybridized carbons (Fsp3) is 0.278. The summed E-state index contributed by atoms with van der Waals surface area (Å²) >= 11 is 17.4. The van der Waals surface area contributed by atoms with Gasteiger partial charge in [0, 0.05) is 67.4 Å². The van der Waals surface area contributed by atoms with Crippen LogP contribution in [0.25, 0.3) is 32.8 Å². The summed E-state index contributed by atoms with van der Waals surface area (Å²) in [6.45, 7) is 7.08. The molecule has 4 heterocycles. The van der Waals surface area contributed by atoms with Crippen LogP contribution in [0.3, 0.4) is 0 Å². The van der Waals surface area contributed by atoms with Gasteiger partial charge in [0.25, 0.3) is 0 Å². The van der Waals surface area contributed by atoms with E-state index in [1.165, 1.54) is 24.3 Å². The number of nitrogens with zero attached hydrogens (tertiary/aromatic N) is 6. The molecule has 0 fully saturated rings. The molecule has 0 aliphatic rings. The van der Waals surface area contributed by atoms with E-state index in [0.29, 0.717) is 52.1 Å². The lowest BCUT2D eigenvalue weighted by Gasteiger charge is -2.17. The van der Waals surface area contributed by atoms with E-state index < -0.39 is 18.3 Å². The maximum atomic E-state index is 10.2. The maximum Gasteiger partial charge on any atom is 0.492 e. The Balaban J connectivity index is 0.000000188. The molecular formula is C36H38BCl3N6O6. The number of aromatic hydroxyl groups is 2. The summed E-state index contributed by atoms with van der Waals surface area (Å²) < 4.78 is 0. The van der Waals surface area contributed by atoms with Gasteiger partial charge in [-0.1, -0.05) is 40.9 Å². The van der Waals surface area contributed by atoms with Crippen molar-refractivity contribution < 1.29 is 30.5 Å². The molecule has 0 bridgehead atoms. The van der Waals surface area contributed by atoms with Crippen molar-refractivity contribution in [1.82, 2.24) is 30.4 Å². The minimum Gasteiger partial charge on any atom is -0.508 e. The molecule has 4 aromatic heterocycles. The van der Waals surface area contributed by atoms with Gasteiger partial charge in [0.2, 0.25) is 0 Å². The van der Waals surface area contributed by atoms with Gasteiger partial charge >= 0.3 is 7.12 Å². The molecule has 6 aromatic rings. The van der Waals surface area contributed by atoms with Crippen LogP contribution in [0.4, 0.5) is 0 Å². The van der Waals surface area contributed by atoms with Crippen LogP contribution in [0.5, 0.6) is 11.5 Å². The first-order valence-electron chi connectivity index (χ1n) is 16.1. The molecule has 2 aromatic carbocycles. The van der Waals surface area contributed by atoms with Gasteiger partial charge in [0.15, 0.2) is 5.15 Å². The van der Waals surface area contributed by atoms with Gasteiger partial charge in [0.1, 0.15) is 17.2 Å². The fourth-order valence-electron chi connectivity index (χ4n) is 4.92. The number of halogens is 3. The Morgan fingerprint density at radius 1 is 0.615 bits per heavy atom. The maximum absolute atomic E-state index is 10.2. The first-order valence-corrected chi connectivity index (χ1v) is 17.2. The highest BCUT2D eigenvalue weighted by Crippen LogP contribution is 2.35. The summed E-state index contributed by atoms with van der Waals surface area (Å²) in [6, 6.07) is 12.6. The number of phenols is 2. The smallest absolute Gasteiger partial charge is 0.492 e. The summed E-state index contributed by atoms with van der Waals surface area (Å²) in [7, 11) is -1.66. The zero-order chi connectivity index (χ0) is 38.2. The molecule has 0 aliphatic heterocycles. The van der Waals surface area contributed by atoms with Crippen molar-refractivity contribution in [1.29, 1.82) is 0 Å². The number of benzene rings is 2. The molecule has 272 valence electrons. The molecule has 12 nitrogen and oxygen atoms in total. The number of rotatable bonds is 8. The van der Waals surface area contributed by atoms with Crippen LogP contribution < -0.4 is 5.46 Å². The summed E-state index contributed by atoms with van der Waals surface area (Å²) in [6.07, 6.45) is 9.25. The SMILES string of the molecule is CC(C)(O)CCc1nnc(-c2ccc(Cl)cc2O)c2ccncc12.CC(C)(O)CCc1nnc(Cl)c2ccncc12.OB(O)c1ccc(Cl)cc1O. The lowest BCUT2D eigenvalue weighted by molar-refractivity contribution is 0.0705. The minimum atomic E-state index is -1.66. The van der Waals surface area contributed by atoms with Crippen LogP contribution in [0.1, 0.15) is 51.9 Å². The highest BCUT2D eigenvalue weighted by molar-refractivity contribution is 6.59. The Morgan fingerprint density at radius 3 is 1.63 bits per heavy atom.